The van der Waals surface area contributed by atoms with Gasteiger partial charge in [-0.3, -0.25) is 4.98 Å². The van der Waals surface area contributed by atoms with E-state index in [9.17, 15) is 4.79 Å². The number of hydrogen-bond acceptors (Lipinski definition) is 6. The van der Waals surface area contributed by atoms with Gasteiger partial charge >= 0.3 is 5.97 Å². The summed E-state index contributed by atoms with van der Waals surface area (Å²) >= 11 is 0. The third-order valence-electron chi connectivity index (χ3n) is 2.86. The molecule has 0 aliphatic rings. The van der Waals surface area contributed by atoms with Gasteiger partial charge in [0.25, 0.3) is 0 Å². The van der Waals surface area contributed by atoms with E-state index in [1.165, 1.54) is 6.20 Å². The summed E-state index contributed by atoms with van der Waals surface area (Å²) in [5.41, 5.74) is 7.62. The van der Waals surface area contributed by atoms with Crippen molar-refractivity contribution in [1.82, 2.24) is 9.97 Å². The Balaban J connectivity index is 2.03. The molecule has 0 bridgehead atoms. The number of nitrogens with zero attached hydrogens (tertiary/aromatic N) is 2. The fourth-order valence-electron chi connectivity index (χ4n) is 1.86. The van der Waals surface area contributed by atoms with Crippen molar-refractivity contribution in [3.05, 3.63) is 47.9 Å². The number of carbonyl (C=O) groups is 1. The topological polar surface area (TPSA) is 90.1 Å². The summed E-state index contributed by atoms with van der Waals surface area (Å²) in [5, 5.41) is 3.14. The zero-order valence-corrected chi connectivity index (χ0v) is 11.9. The fraction of sp³-hybridized carbons (Fsp3) is 0.267. The molecule has 0 aliphatic carbocycles. The van der Waals surface area contributed by atoms with Crippen molar-refractivity contribution < 1.29 is 9.53 Å². The van der Waals surface area contributed by atoms with Gasteiger partial charge in [-0.15, -0.1) is 0 Å². The van der Waals surface area contributed by atoms with Crippen LogP contribution in [0.4, 0.5) is 11.5 Å². The van der Waals surface area contributed by atoms with Gasteiger partial charge in [-0.05, 0) is 37.1 Å². The quantitative estimate of drug-likeness (QED) is 0.788. The van der Waals surface area contributed by atoms with E-state index in [-0.39, 0.29) is 0 Å². The van der Waals surface area contributed by atoms with Crippen LogP contribution < -0.4 is 11.1 Å². The molecule has 0 atom stereocenters. The van der Waals surface area contributed by atoms with E-state index in [4.69, 9.17) is 10.5 Å². The Labute approximate surface area is 123 Å². The van der Waals surface area contributed by atoms with Crippen LogP contribution in [0.25, 0.3) is 0 Å². The first-order valence-electron chi connectivity index (χ1n) is 6.76. The summed E-state index contributed by atoms with van der Waals surface area (Å²) in [5.74, 6) is 0.0559. The van der Waals surface area contributed by atoms with Crippen LogP contribution in [-0.4, -0.2) is 29.1 Å². The second kappa shape index (κ2) is 7.23. The molecule has 2 aromatic rings. The van der Waals surface area contributed by atoms with E-state index in [0.717, 1.165) is 12.0 Å². The molecule has 2 rings (SSSR count). The number of hydrogen-bond donors (Lipinski definition) is 2. The Morgan fingerprint density at radius 2 is 2.14 bits per heavy atom. The minimum absolute atomic E-state index is 0.310. The molecule has 6 heteroatoms. The highest BCUT2D eigenvalue weighted by atomic mass is 16.5. The lowest BCUT2D eigenvalue weighted by Crippen LogP contribution is -2.14. The molecule has 2 aromatic heterocycles. The van der Waals surface area contributed by atoms with Gasteiger partial charge in [-0.2, -0.15) is 0 Å². The van der Waals surface area contributed by atoms with Crippen molar-refractivity contribution in [2.75, 3.05) is 24.2 Å². The van der Waals surface area contributed by atoms with Gasteiger partial charge in [0.1, 0.15) is 11.4 Å². The highest BCUT2D eigenvalue weighted by molar-refractivity contribution is 5.95. The van der Waals surface area contributed by atoms with Crippen LogP contribution in [0.2, 0.25) is 0 Å². The minimum Gasteiger partial charge on any atom is -0.462 e. The highest BCUT2D eigenvalue weighted by Gasteiger charge is 2.14. The van der Waals surface area contributed by atoms with Crippen LogP contribution >= 0.6 is 0 Å². The molecule has 0 unspecified atom stereocenters. The maximum atomic E-state index is 11.9. The molecule has 2 heterocycles. The molecule has 0 fully saturated rings. The van der Waals surface area contributed by atoms with E-state index in [2.05, 4.69) is 15.3 Å². The van der Waals surface area contributed by atoms with Crippen molar-refractivity contribution in [2.24, 2.45) is 0 Å². The van der Waals surface area contributed by atoms with Crippen LogP contribution in [0.3, 0.4) is 0 Å². The maximum absolute atomic E-state index is 11.9. The van der Waals surface area contributed by atoms with Gasteiger partial charge in [0.05, 0.1) is 18.5 Å². The molecular weight excluding hydrogens is 268 g/mol. The Bertz CT molecular complexity index is 602. The Hall–Kier alpha value is -2.63. The Kier molecular flexibility index (Phi) is 5.09. The number of anilines is 2. The first-order valence-corrected chi connectivity index (χ1v) is 6.76. The Morgan fingerprint density at radius 1 is 1.38 bits per heavy atom. The third kappa shape index (κ3) is 4.17. The number of carbonyl (C=O) groups excluding carboxylic acids is 1. The van der Waals surface area contributed by atoms with Gasteiger partial charge in [-0.25, -0.2) is 9.78 Å². The number of esters is 1. The van der Waals surface area contributed by atoms with Gasteiger partial charge in [0.2, 0.25) is 0 Å². The molecule has 0 saturated heterocycles. The first kappa shape index (κ1) is 14.8. The van der Waals surface area contributed by atoms with Crippen molar-refractivity contribution >= 4 is 17.5 Å². The molecule has 0 radical (unpaired) electrons. The van der Waals surface area contributed by atoms with Crippen molar-refractivity contribution in [3.8, 4) is 0 Å². The highest BCUT2D eigenvalue weighted by Crippen LogP contribution is 2.17. The molecule has 0 aliphatic heterocycles. The predicted octanol–water partition coefficient (Wildman–Crippen LogP) is 1.89. The molecule has 3 N–H and O–H groups in total. The number of pyridine rings is 2. The summed E-state index contributed by atoms with van der Waals surface area (Å²) in [6.45, 7) is 2.71. The predicted molar refractivity (Wildman–Crippen MR) is 81.0 cm³/mol. The lowest BCUT2D eigenvalue weighted by atomic mass is 10.2. The lowest BCUT2D eigenvalue weighted by Gasteiger charge is -2.11. The van der Waals surface area contributed by atoms with Gasteiger partial charge in [-0.1, -0.05) is 0 Å². The molecule has 21 heavy (non-hydrogen) atoms. The van der Waals surface area contributed by atoms with Gasteiger partial charge < -0.3 is 15.8 Å². The third-order valence-corrected chi connectivity index (χ3v) is 2.86. The molecule has 0 saturated carbocycles. The smallest absolute Gasteiger partial charge is 0.341 e. The molecule has 6 nitrogen and oxygen atoms in total. The number of nitrogens with two attached hydrogens (primary N) is 1. The molecular formula is C15H18N4O2. The van der Waals surface area contributed by atoms with Crippen molar-refractivity contribution in [2.45, 2.75) is 13.3 Å². The largest absolute Gasteiger partial charge is 0.462 e. The summed E-state index contributed by atoms with van der Waals surface area (Å²) in [4.78, 5) is 20.0. The first-order chi connectivity index (χ1) is 10.2. The average Bonchev–Trinajstić information content (AvgIpc) is 2.50. The van der Waals surface area contributed by atoms with Crippen molar-refractivity contribution in [1.29, 1.82) is 0 Å². The SMILES string of the molecule is CCOC(=O)c1cc(N)cnc1NCCc1ccncc1. The maximum Gasteiger partial charge on any atom is 0.341 e. The molecule has 0 amide bonds. The summed E-state index contributed by atoms with van der Waals surface area (Å²) in [7, 11) is 0. The van der Waals surface area contributed by atoms with Crippen molar-refractivity contribution in [3.63, 3.8) is 0 Å². The summed E-state index contributed by atoms with van der Waals surface area (Å²) in [6, 6.07) is 5.47. The second-order valence-electron chi connectivity index (χ2n) is 4.42. The van der Waals surface area contributed by atoms with E-state index < -0.39 is 5.97 Å². The van der Waals surface area contributed by atoms with E-state index in [1.807, 2.05) is 12.1 Å². The number of rotatable bonds is 6. The molecule has 0 spiro atoms. The monoisotopic (exact) mass is 286 g/mol. The van der Waals surface area contributed by atoms with E-state index in [1.54, 1.807) is 25.4 Å². The van der Waals surface area contributed by atoms with E-state index in [0.29, 0.717) is 30.2 Å². The molecule has 110 valence electrons. The molecule has 0 aromatic carbocycles. The van der Waals surface area contributed by atoms with Crippen LogP contribution in [-0.2, 0) is 11.2 Å². The fourth-order valence-corrected chi connectivity index (χ4v) is 1.86. The lowest BCUT2D eigenvalue weighted by molar-refractivity contribution is 0.0527. The number of ether oxygens (including phenoxy) is 1. The minimum atomic E-state index is -0.427. The zero-order chi connectivity index (χ0) is 15.1. The van der Waals surface area contributed by atoms with Crippen LogP contribution in [0.1, 0.15) is 22.8 Å². The Morgan fingerprint density at radius 3 is 2.86 bits per heavy atom. The van der Waals surface area contributed by atoms with Gasteiger partial charge in [0, 0.05) is 18.9 Å². The van der Waals surface area contributed by atoms with Crippen LogP contribution in [0.5, 0.6) is 0 Å². The van der Waals surface area contributed by atoms with Crippen LogP contribution in [0.15, 0.2) is 36.8 Å². The van der Waals surface area contributed by atoms with Gasteiger partial charge in [0.15, 0.2) is 0 Å². The average molecular weight is 286 g/mol. The normalized spacial score (nSPS) is 10.1. The summed E-state index contributed by atoms with van der Waals surface area (Å²) in [6.07, 6.45) is 5.82. The summed E-state index contributed by atoms with van der Waals surface area (Å²) < 4.78 is 5.01. The van der Waals surface area contributed by atoms with Crippen LogP contribution in [0, 0.1) is 0 Å². The number of nitrogen functional groups attached to an aromatic ring is 1. The second-order valence-corrected chi connectivity index (χ2v) is 4.42. The number of aromatic nitrogens is 2. The standard InChI is InChI=1S/C15H18N4O2/c1-2-21-15(20)13-9-12(16)10-19-14(13)18-8-5-11-3-6-17-7-4-11/h3-4,6-7,9-10H,2,5,8,16H2,1H3,(H,18,19). The number of nitrogens with one attached hydrogen (secondary N) is 1. The van der Waals surface area contributed by atoms with E-state index >= 15 is 0 Å². The zero-order valence-electron chi connectivity index (χ0n) is 11.9.